The van der Waals surface area contributed by atoms with E-state index in [1.54, 1.807) is 6.07 Å². The predicted octanol–water partition coefficient (Wildman–Crippen LogP) is 2.74. The minimum absolute atomic E-state index is 0.00604. The Labute approximate surface area is 104 Å². The fraction of sp³-hybridized carbons (Fsp3) is 0.538. The van der Waals surface area contributed by atoms with Crippen molar-refractivity contribution in [1.29, 1.82) is 0 Å². The lowest BCUT2D eigenvalue weighted by Crippen LogP contribution is -2.36. The summed E-state index contributed by atoms with van der Waals surface area (Å²) in [7, 11) is 0. The Morgan fingerprint density at radius 1 is 1.33 bits per heavy atom. The maximum atomic E-state index is 12.6. The van der Waals surface area contributed by atoms with E-state index in [9.17, 15) is 18.3 Å². The summed E-state index contributed by atoms with van der Waals surface area (Å²) in [6, 6.07) is 5.15. The second-order valence-electron chi connectivity index (χ2n) is 4.64. The van der Waals surface area contributed by atoms with Crippen LogP contribution in [0.25, 0.3) is 0 Å². The van der Waals surface area contributed by atoms with Gasteiger partial charge in [-0.2, -0.15) is 13.2 Å². The second-order valence-corrected chi connectivity index (χ2v) is 4.64. The first-order valence-corrected chi connectivity index (χ1v) is 6.04. The first kappa shape index (κ1) is 13.4. The van der Waals surface area contributed by atoms with E-state index >= 15 is 0 Å². The average Bonchev–Trinajstić information content (AvgIpc) is 2.38. The summed E-state index contributed by atoms with van der Waals surface area (Å²) < 4.78 is 37.9. The lowest BCUT2D eigenvalue weighted by Gasteiger charge is -2.32. The van der Waals surface area contributed by atoms with Gasteiger partial charge in [-0.05, 0) is 37.1 Å². The van der Waals surface area contributed by atoms with Gasteiger partial charge in [0, 0.05) is 18.6 Å². The van der Waals surface area contributed by atoms with Gasteiger partial charge < -0.3 is 10.4 Å². The molecule has 1 aromatic carbocycles. The maximum Gasteiger partial charge on any atom is 0.416 e. The van der Waals surface area contributed by atoms with Gasteiger partial charge in [0.25, 0.3) is 0 Å². The molecule has 1 fully saturated rings. The Morgan fingerprint density at radius 2 is 2.11 bits per heavy atom. The van der Waals surface area contributed by atoms with Crippen LogP contribution in [0.3, 0.4) is 0 Å². The molecule has 0 aliphatic carbocycles. The monoisotopic (exact) mass is 259 g/mol. The van der Waals surface area contributed by atoms with E-state index in [2.05, 4.69) is 5.32 Å². The van der Waals surface area contributed by atoms with Crippen molar-refractivity contribution in [2.75, 3.05) is 13.2 Å². The number of aliphatic hydroxyl groups is 1. The van der Waals surface area contributed by atoms with Gasteiger partial charge in [0.05, 0.1) is 5.56 Å². The number of rotatable bonds is 2. The van der Waals surface area contributed by atoms with Crippen LogP contribution in [0.5, 0.6) is 0 Å². The Morgan fingerprint density at radius 3 is 2.78 bits per heavy atom. The molecule has 0 radical (unpaired) electrons. The first-order chi connectivity index (χ1) is 8.52. The van der Waals surface area contributed by atoms with Gasteiger partial charge in [-0.25, -0.2) is 0 Å². The van der Waals surface area contributed by atoms with Crippen molar-refractivity contribution in [3.8, 4) is 0 Å². The van der Waals surface area contributed by atoms with Crippen molar-refractivity contribution < 1.29 is 18.3 Å². The Kier molecular flexibility index (Phi) is 3.92. The number of aliphatic hydroxyl groups excluding tert-OH is 1. The zero-order valence-corrected chi connectivity index (χ0v) is 9.87. The van der Waals surface area contributed by atoms with E-state index in [0.29, 0.717) is 5.56 Å². The summed E-state index contributed by atoms with van der Waals surface area (Å²) in [5, 5.41) is 12.5. The highest BCUT2D eigenvalue weighted by Crippen LogP contribution is 2.34. The number of piperidine rings is 1. The maximum absolute atomic E-state index is 12.6. The zero-order valence-electron chi connectivity index (χ0n) is 9.87. The summed E-state index contributed by atoms with van der Waals surface area (Å²) in [6.07, 6.45) is -2.54. The van der Waals surface area contributed by atoms with Crippen molar-refractivity contribution in [3.05, 3.63) is 35.4 Å². The largest absolute Gasteiger partial charge is 0.416 e. The fourth-order valence-electron chi connectivity index (χ4n) is 2.45. The highest BCUT2D eigenvalue weighted by atomic mass is 19.4. The van der Waals surface area contributed by atoms with Crippen molar-refractivity contribution in [2.45, 2.75) is 25.1 Å². The van der Waals surface area contributed by atoms with E-state index in [1.165, 1.54) is 12.1 Å². The average molecular weight is 259 g/mol. The number of alkyl halides is 3. The number of hydrogen-bond acceptors (Lipinski definition) is 2. The van der Waals surface area contributed by atoms with E-state index in [4.69, 9.17) is 0 Å². The second kappa shape index (κ2) is 5.28. The third kappa shape index (κ3) is 2.84. The van der Waals surface area contributed by atoms with E-state index < -0.39 is 11.7 Å². The van der Waals surface area contributed by atoms with Gasteiger partial charge in [0.2, 0.25) is 0 Å². The van der Waals surface area contributed by atoms with Crippen LogP contribution in [0.2, 0.25) is 0 Å². The first-order valence-electron chi connectivity index (χ1n) is 6.04. The highest BCUT2D eigenvalue weighted by molar-refractivity contribution is 5.28. The van der Waals surface area contributed by atoms with Gasteiger partial charge in [-0.3, -0.25) is 0 Å². The number of benzene rings is 1. The van der Waals surface area contributed by atoms with Crippen LogP contribution in [-0.2, 0) is 6.18 Å². The van der Waals surface area contributed by atoms with E-state index in [0.717, 1.165) is 25.5 Å². The molecule has 0 bridgehead atoms. The summed E-state index contributed by atoms with van der Waals surface area (Å²) >= 11 is 0. The van der Waals surface area contributed by atoms with Gasteiger partial charge in [-0.15, -0.1) is 0 Å². The van der Waals surface area contributed by atoms with Gasteiger partial charge in [0.15, 0.2) is 0 Å². The van der Waals surface area contributed by atoms with Crippen LogP contribution in [0.4, 0.5) is 13.2 Å². The van der Waals surface area contributed by atoms with Crippen molar-refractivity contribution >= 4 is 0 Å². The molecule has 2 rings (SSSR count). The minimum Gasteiger partial charge on any atom is -0.396 e. The molecule has 100 valence electrons. The van der Waals surface area contributed by atoms with Crippen molar-refractivity contribution in [1.82, 2.24) is 5.32 Å². The smallest absolute Gasteiger partial charge is 0.396 e. The fourth-order valence-corrected chi connectivity index (χ4v) is 2.45. The zero-order chi connectivity index (χ0) is 13.2. The van der Waals surface area contributed by atoms with Gasteiger partial charge >= 0.3 is 6.18 Å². The Balaban J connectivity index is 2.27. The molecule has 2 unspecified atom stereocenters. The molecule has 1 aliphatic heterocycles. The molecule has 1 saturated heterocycles. The SMILES string of the molecule is OCC1CCCNC1c1cccc(C(F)(F)F)c1. The minimum atomic E-state index is -4.32. The topological polar surface area (TPSA) is 32.3 Å². The third-order valence-corrected chi connectivity index (χ3v) is 3.39. The molecule has 0 aromatic heterocycles. The Bertz CT molecular complexity index is 405. The van der Waals surface area contributed by atoms with E-state index in [1.807, 2.05) is 0 Å². The number of halogens is 3. The molecule has 1 heterocycles. The molecule has 2 N–H and O–H groups in total. The summed E-state index contributed by atoms with van der Waals surface area (Å²) in [5.41, 5.74) is -0.0346. The summed E-state index contributed by atoms with van der Waals surface area (Å²) in [4.78, 5) is 0. The normalized spacial score (nSPS) is 25.1. The van der Waals surface area contributed by atoms with Crippen LogP contribution in [-0.4, -0.2) is 18.3 Å². The van der Waals surface area contributed by atoms with Crippen LogP contribution < -0.4 is 5.32 Å². The summed E-state index contributed by atoms with van der Waals surface area (Å²) in [5.74, 6) is -0.0118. The molecule has 1 aromatic rings. The lowest BCUT2D eigenvalue weighted by molar-refractivity contribution is -0.137. The van der Waals surface area contributed by atoms with Crippen LogP contribution in [0.15, 0.2) is 24.3 Å². The van der Waals surface area contributed by atoms with Gasteiger partial charge in [-0.1, -0.05) is 12.1 Å². The third-order valence-electron chi connectivity index (χ3n) is 3.39. The van der Waals surface area contributed by atoms with Crippen LogP contribution >= 0.6 is 0 Å². The van der Waals surface area contributed by atoms with E-state index in [-0.39, 0.29) is 18.6 Å². The molecule has 18 heavy (non-hydrogen) atoms. The van der Waals surface area contributed by atoms with Crippen LogP contribution in [0, 0.1) is 5.92 Å². The van der Waals surface area contributed by atoms with Gasteiger partial charge in [0.1, 0.15) is 0 Å². The summed E-state index contributed by atoms with van der Waals surface area (Å²) in [6.45, 7) is 0.769. The molecule has 0 amide bonds. The Hall–Kier alpha value is -1.07. The standard InChI is InChI=1S/C13H16F3NO/c14-13(15,16)11-5-1-3-9(7-11)12-10(8-18)4-2-6-17-12/h1,3,5,7,10,12,17-18H,2,4,6,8H2. The molecular weight excluding hydrogens is 243 g/mol. The lowest BCUT2D eigenvalue weighted by atomic mass is 9.86. The highest BCUT2D eigenvalue weighted by Gasteiger charge is 2.32. The molecule has 0 spiro atoms. The van der Waals surface area contributed by atoms with Crippen molar-refractivity contribution in [3.63, 3.8) is 0 Å². The molecule has 2 nitrogen and oxygen atoms in total. The molecule has 1 aliphatic rings. The molecule has 0 saturated carbocycles. The number of nitrogens with one attached hydrogen (secondary N) is 1. The number of hydrogen-bond donors (Lipinski definition) is 2. The predicted molar refractivity (Wildman–Crippen MR) is 62.0 cm³/mol. The van der Waals surface area contributed by atoms with Crippen molar-refractivity contribution in [2.24, 2.45) is 5.92 Å². The van der Waals surface area contributed by atoms with Crippen LogP contribution in [0.1, 0.15) is 30.0 Å². The quantitative estimate of drug-likeness (QED) is 0.856. The molecule has 2 atom stereocenters. The molecule has 5 heteroatoms. The molecular formula is C13H16F3NO.